The van der Waals surface area contributed by atoms with Crippen LogP contribution >= 0.6 is 0 Å². The minimum absolute atomic E-state index is 0.0396. The van der Waals surface area contributed by atoms with Crippen LogP contribution < -0.4 is 10.6 Å². The molecule has 3 N–H and O–H groups in total. The van der Waals surface area contributed by atoms with Gasteiger partial charge in [0.25, 0.3) is 0 Å². The van der Waals surface area contributed by atoms with Gasteiger partial charge in [0.1, 0.15) is 17.5 Å². The maximum absolute atomic E-state index is 9.26. The summed E-state index contributed by atoms with van der Waals surface area (Å²) in [6.45, 7) is 9.05. The van der Waals surface area contributed by atoms with E-state index >= 15 is 0 Å². The maximum Gasteiger partial charge on any atom is 0.135 e. The van der Waals surface area contributed by atoms with Gasteiger partial charge in [0, 0.05) is 18.5 Å². The molecule has 0 saturated heterocycles. The number of aliphatic hydroxyl groups is 1. The Morgan fingerprint density at radius 3 is 2.33 bits per heavy atom. The Bertz CT molecular complexity index is 377. The normalized spacial score (nSPS) is 12.3. The molecular formula is C13H24N4O. The van der Waals surface area contributed by atoms with E-state index in [-0.39, 0.29) is 12.6 Å². The standard InChI is InChI=1S/C13H24N4O/c1-5-10(8-18)15-13-9(4)12(14-7-3)16-11(6-2)17-13/h10,18H,5-8H2,1-4H3,(H2,14,15,16,17). The zero-order valence-corrected chi connectivity index (χ0v) is 11.7. The van der Waals surface area contributed by atoms with E-state index in [1.165, 1.54) is 0 Å². The van der Waals surface area contributed by atoms with Gasteiger partial charge >= 0.3 is 0 Å². The molecule has 1 heterocycles. The predicted molar refractivity (Wildman–Crippen MR) is 75.1 cm³/mol. The lowest BCUT2D eigenvalue weighted by Crippen LogP contribution is -2.24. The predicted octanol–water partition coefficient (Wildman–Crippen LogP) is 1.96. The quantitative estimate of drug-likeness (QED) is 0.692. The molecule has 5 heteroatoms. The van der Waals surface area contributed by atoms with E-state index in [0.717, 1.165) is 42.4 Å². The highest BCUT2D eigenvalue weighted by molar-refractivity contribution is 5.57. The zero-order valence-electron chi connectivity index (χ0n) is 11.7. The molecule has 0 fully saturated rings. The van der Waals surface area contributed by atoms with Gasteiger partial charge in [-0.25, -0.2) is 9.97 Å². The molecule has 0 aliphatic carbocycles. The van der Waals surface area contributed by atoms with Crippen molar-refractivity contribution in [1.29, 1.82) is 0 Å². The lowest BCUT2D eigenvalue weighted by Gasteiger charge is -2.18. The van der Waals surface area contributed by atoms with Gasteiger partial charge in [-0.15, -0.1) is 0 Å². The number of anilines is 2. The van der Waals surface area contributed by atoms with Crippen LogP contribution in [-0.2, 0) is 6.42 Å². The van der Waals surface area contributed by atoms with E-state index in [4.69, 9.17) is 0 Å². The number of rotatable bonds is 7. The number of aliphatic hydroxyl groups excluding tert-OH is 1. The first-order chi connectivity index (χ1) is 8.65. The molecule has 0 amide bonds. The van der Waals surface area contributed by atoms with Crippen LogP contribution in [0, 0.1) is 6.92 Å². The third-order valence-electron chi connectivity index (χ3n) is 2.91. The number of hydrogen-bond acceptors (Lipinski definition) is 5. The second-order valence-corrected chi connectivity index (χ2v) is 4.28. The Morgan fingerprint density at radius 1 is 1.17 bits per heavy atom. The first kappa shape index (κ1) is 14.7. The Labute approximate surface area is 109 Å². The third kappa shape index (κ3) is 3.57. The molecule has 18 heavy (non-hydrogen) atoms. The van der Waals surface area contributed by atoms with Crippen molar-refractivity contribution >= 4 is 11.6 Å². The van der Waals surface area contributed by atoms with Gasteiger partial charge in [0.15, 0.2) is 0 Å². The molecule has 1 unspecified atom stereocenters. The fourth-order valence-electron chi connectivity index (χ4n) is 1.67. The largest absolute Gasteiger partial charge is 0.394 e. The topological polar surface area (TPSA) is 70.1 Å². The fourth-order valence-corrected chi connectivity index (χ4v) is 1.67. The lowest BCUT2D eigenvalue weighted by atomic mass is 10.2. The summed E-state index contributed by atoms with van der Waals surface area (Å²) in [5.74, 6) is 2.50. The van der Waals surface area contributed by atoms with Crippen LogP contribution in [0.5, 0.6) is 0 Å². The summed E-state index contributed by atoms with van der Waals surface area (Å²) in [7, 11) is 0. The number of aromatic nitrogens is 2. The Kier molecular flexibility index (Phi) is 5.85. The Morgan fingerprint density at radius 2 is 1.83 bits per heavy atom. The molecule has 0 aliphatic heterocycles. The fraction of sp³-hybridized carbons (Fsp3) is 0.692. The van der Waals surface area contributed by atoms with Crippen molar-refractivity contribution in [3.8, 4) is 0 Å². The van der Waals surface area contributed by atoms with Crippen LogP contribution in [0.3, 0.4) is 0 Å². The van der Waals surface area contributed by atoms with Gasteiger partial charge in [0.2, 0.25) is 0 Å². The van der Waals surface area contributed by atoms with Gasteiger partial charge < -0.3 is 15.7 Å². The molecule has 1 rings (SSSR count). The summed E-state index contributed by atoms with van der Waals surface area (Å²) < 4.78 is 0. The van der Waals surface area contributed by atoms with E-state index in [1.807, 2.05) is 27.7 Å². The average Bonchev–Trinajstić information content (AvgIpc) is 2.39. The van der Waals surface area contributed by atoms with Gasteiger partial charge in [-0.3, -0.25) is 0 Å². The molecule has 0 saturated carbocycles. The molecule has 1 aromatic heterocycles. The molecular weight excluding hydrogens is 228 g/mol. The van der Waals surface area contributed by atoms with E-state index in [2.05, 4.69) is 20.6 Å². The maximum atomic E-state index is 9.26. The third-order valence-corrected chi connectivity index (χ3v) is 2.91. The van der Waals surface area contributed by atoms with Crippen molar-refractivity contribution in [2.75, 3.05) is 23.8 Å². The number of nitrogens with zero attached hydrogens (tertiary/aromatic N) is 2. The summed E-state index contributed by atoms with van der Waals surface area (Å²) in [5, 5.41) is 15.8. The second-order valence-electron chi connectivity index (χ2n) is 4.28. The minimum atomic E-state index is 0.0396. The smallest absolute Gasteiger partial charge is 0.135 e. The van der Waals surface area contributed by atoms with Crippen molar-refractivity contribution in [2.45, 2.75) is 46.6 Å². The van der Waals surface area contributed by atoms with Gasteiger partial charge in [-0.1, -0.05) is 13.8 Å². The van der Waals surface area contributed by atoms with E-state index in [1.54, 1.807) is 0 Å². The van der Waals surface area contributed by atoms with Crippen molar-refractivity contribution < 1.29 is 5.11 Å². The molecule has 0 radical (unpaired) electrons. The van der Waals surface area contributed by atoms with Crippen LogP contribution in [0.25, 0.3) is 0 Å². The molecule has 0 aromatic carbocycles. The van der Waals surface area contributed by atoms with Crippen LogP contribution in [0.1, 0.15) is 38.6 Å². The summed E-state index contributed by atoms with van der Waals surface area (Å²) >= 11 is 0. The van der Waals surface area contributed by atoms with Crippen LogP contribution in [0.15, 0.2) is 0 Å². The molecule has 1 aromatic rings. The highest BCUT2D eigenvalue weighted by Crippen LogP contribution is 2.21. The van der Waals surface area contributed by atoms with Crippen molar-refractivity contribution in [3.63, 3.8) is 0 Å². The first-order valence-corrected chi connectivity index (χ1v) is 6.64. The van der Waals surface area contributed by atoms with Gasteiger partial charge in [0.05, 0.1) is 12.6 Å². The van der Waals surface area contributed by atoms with Gasteiger partial charge in [-0.2, -0.15) is 0 Å². The SMILES string of the molecule is CCNc1nc(CC)nc(NC(CC)CO)c1C. The van der Waals surface area contributed by atoms with E-state index < -0.39 is 0 Å². The average molecular weight is 252 g/mol. The highest BCUT2D eigenvalue weighted by atomic mass is 16.3. The van der Waals surface area contributed by atoms with Crippen molar-refractivity contribution in [3.05, 3.63) is 11.4 Å². The second kappa shape index (κ2) is 7.16. The van der Waals surface area contributed by atoms with E-state index in [0.29, 0.717) is 0 Å². The van der Waals surface area contributed by atoms with Gasteiger partial charge in [-0.05, 0) is 20.3 Å². The molecule has 0 aliphatic rings. The summed E-state index contributed by atoms with van der Waals surface area (Å²) in [6, 6.07) is 0.0396. The molecule has 5 nitrogen and oxygen atoms in total. The van der Waals surface area contributed by atoms with Crippen molar-refractivity contribution in [2.24, 2.45) is 0 Å². The molecule has 1 atom stereocenters. The molecule has 0 bridgehead atoms. The van der Waals surface area contributed by atoms with Crippen LogP contribution in [0.2, 0.25) is 0 Å². The zero-order chi connectivity index (χ0) is 13.5. The Hall–Kier alpha value is -1.36. The highest BCUT2D eigenvalue weighted by Gasteiger charge is 2.12. The molecule has 0 spiro atoms. The minimum Gasteiger partial charge on any atom is -0.394 e. The molecule has 102 valence electrons. The Balaban J connectivity index is 3.04. The summed E-state index contributed by atoms with van der Waals surface area (Å²) in [5.41, 5.74) is 1.00. The summed E-state index contributed by atoms with van der Waals surface area (Å²) in [4.78, 5) is 8.97. The lowest BCUT2D eigenvalue weighted by molar-refractivity contribution is 0.271. The van der Waals surface area contributed by atoms with Crippen LogP contribution in [-0.4, -0.2) is 34.3 Å². The first-order valence-electron chi connectivity index (χ1n) is 6.64. The monoisotopic (exact) mass is 252 g/mol. The number of nitrogens with one attached hydrogen (secondary N) is 2. The van der Waals surface area contributed by atoms with Crippen LogP contribution in [0.4, 0.5) is 11.6 Å². The summed E-state index contributed by atoms with van der Waals surface area (Å²) in [6.07, 6.45) is 1.65. The number of hydrogen-bond donors (Lipinski definition) is 3. The van der Waals surface area contributed by atoms with Crippen molar-refractivity contribution in [1.82, 2.24) is 9.97 Å². The number of aryl methyl sites for hydroxylation is 1. The van der Waals surface area contributed by atoms with E-state index in [9.17, 15) is 5.11 Å².